The Balaban J connectivity index is 0.000000160. The van der Waals surface area contributed by atoms with E-state index in [1.165, 1.54) is 5.56 Å². The number of hydrogen-bond acceptors (Lipinski definition) is 18. The Hall–Kier alpha value is -7.63. The molecule has 3 saturated heterocycles. The summed E-state index contributed by atoms with van der Waals surface area (Å²) in [4.78, 5) is 65.2. The number of carbonyl (C=O) groups excluding carboxylic acids is 3. The monoisotopic (exact) mass is 1380 g/mol. The topological polar surface area (TPSA) is 198 Å². The number of amidine groups is 3. The van der Waals surface area contributed by atoms with E-state index < -0.39 is 0 Å². The molecule has 0 saturated carbocycles. The first-order valence-electron chi connectivity index (χ1n) is 34.1. The summed E-state index contributed by atoms with van der Waals surface area (Å²) in [7, 11) is 8.42. The lowest BCUT2D eigenvalue weighted by Gasteiger charge is -2.35. The minimum Gasteiger partial charge on any atom is -0.381 e. The Kier molecular flexibility index (Phi) is 26.6. The van der Waals surface area contributed by atoms with E-state index in [9.17, 15) is 14.4 Å². The maximum atomic E-state index is 12.4. The van der Waals surface area contributed by atoms with Crippen LogP contribution in [0.2, 0.25) is 15.1 Å². The van der Waals surface area contributed by atoms with Crippen molar-refractivity contribution in [2.24, 2.45) is 15.0 Å². The number of fused-ring (bicyclic) bond motifs is 6. The number of unbranched alkanes of at least 4 members (excludes halogenated alkanes) is 1. The molecule has 12 rings (SSSR count). The molecule has 6 N–H and O–H groups in total. The molecule has 0 radical (unpaired) electrons. The van der Waals surface area contributed by atoms with E-state index in [1.54, 1.807) is 0 Å². The van der Waals surface area contributed by atoms with Gasteiger partial charge in [-0.05, 0) is 149 Å². The molecular formula is C74H94Cl3N15O5. The maximum absolute atomic E-state index is 12.4. The van der Waals surface area contributed by atoms with Crippen molar-refractivity contribution in [2.75, 3.05) is 149 Å². The number of halogens is 3. The first-order valence-corrected chi connectivity index (χ1v) is 35.2. The van der Waals surface area contributed by atoms with E-state index in [2.05, 4.69) is 126 Å². The average molecular weight is 1380 g/mol. The van der Waals surface area contributed by atoms with Gasteiger partial charge in [0.15, 0.2) is 0 Å². The summed E-state index contributed by atoms with van der Waals surface area (Å²) in [6, 6.07) is 36.2. The fraction of sp³-hybridized carbons (Fsp3) is 0.432. The fourth-order valence-electron chi connectivity index (χ4n) is 11.9. The summed E-state index contributed by atoms with van der Waals surface area (Å²) in [6.07, 6.45) is 4.58. The number of aliphatic imine (C=N–C) groups is 3. The third kappa shape index (κ3) is 20.5. The zero-order valence-electron chi connectivity index (χ0n) is 57.0. The number of amides is 2. The van der Waals surface area contributed by atoms with Crippen molar-refractivity contribution in [3.8, 4) is 0 Å². The number of nitrogens with zero attached hydrogens (tertiary/aromatic N) is 9. The highest BCUT2D eigenvalue weighted by Crippen LogP contribution is 2.40. The molecule has 0 aliphatic carbocycles. The largest absolute Gasteiger partial charge is 0.381 e. The van der Waals surface area contributed by atoms with Crippen LogP contribution in [0.15, 0.2) is 124 Å². The molecule has 3 fully saturated rings. The van der Waals surface area contributed by atoms with Gasteiger partial charge in [-0.25, -0.2) is 15.0 Å². The average Bonchev–Trinajstić information content (AvgIpc) is 1.69. The highest BCUT2D eigenvalue weighted by molar-refractivity contribution is 6.32. The van der Waals surface area contributed by atoms with Gasteiger partial charge >= 0.3 is 0 Å². The molecular weight excluding hydrogens is 1290 g/mol. The summed E-state index contributed by atoms with van der Waals surface area (Å²) < 4.78 is 11.0. The zero-order chi connectivity index (χ0) is 68.2. The van der Waals surface area contributed by atoms with Gasteiger partial charge in [0.05, 0.1) is 47.3 Å². The maximum Gasteiger partial charge on any atom is 0.222 e. The molecule has 0 aromatic heterocycles. The molecule has 97 heavy (non-hydrogen) atoms. The number of likely N-dealkylation sites (N-methyl/N-ethyl adjacent to an activating group) is 3. The van der Waals surface area contributed by atoms with Crippen molar-refractivity contribution in [3.05, 3.63) is 158 Å². The molecule has 0 atom stereocenters. The molecule has 516 valence electrons. The van der Waals surface area contributed by atoms with Gasteiger partial charge in [-0.15, -0.1) is 0 Å². The molecule has 6 aliphatic heterocycles. The predicted octanol–water partition coefficient (Wildman–Crippen LogP) is 12.5. The van der Waals surface area contributed by atoms with Gasteiger partial charge in [-0.2, -0.15) is 0 Å². The van der Waals surface area contributed by atoms with E-state index in [1.807, 2.05) is 86.8 Å². The molecule has 20 nitrogen and oxygen atoms in total. The Morgan fingerprint density at radius 2 is 0.773 bits per heavy atom. The first kappa shape index (κ1) is 72.1. The number of carbonyl (C=O) groups is 3. The van der Waals surface area contributed by atoms with Crippen molar-refractivity contribution < 1.29 is 23.9 Å². The fourth-order valence-corrected chi connectivity index (χ4v) is 12.4. The van der Waals surface area contributed by atoms with Crippen LogP contribution in [0.5, 0.6) is 0 Å². The Bertz CT molecular complexity index is 3790. The molecule has 6 heterocycles. The second-order valence-electron chi connectivity index (χ2n) is 25.3. The zero-order valence-corrected chi connectivity index (χ0v) is 59.2. The van der Waals surface area contributed by atoms with Gasteiger partial charge < -0.3 is 70.8 Å². The summed E-state index contributed by atoms with van der Waals surface area (Å²) in [5.41, 5.74) is 14.9. The molecule has 6 aliphatic rings. The summed E-state index contributed by atoms with van der Waals surface area (Å²) in [6.45, 7) is 19.3. The lowest BCUT2D eigenvalue weighted by molar-refractivity contribution is -0.123. The van der Waals surface area contributed by atoms with Gasteiger partial charge in [-0.3, -0.25) is 14.4 Å². The van der Waals surface area contributed by atoms with E-state index in [0.717, 1.165) is 194 Å². The Labute approximate surface area is 587 Å². The SMILES string of the molecule is CCC(=O)CCCOCCC(=O)NCc1ccc2c(c1)C(N1CCN(C)CC1)=Nc1cc(Cl)ccc1N2.CCCCOCCC(=O)NCc1ccc2c(c1)C(N1CCN(C)CC1)=Nc1cc(Cl)ccc1N2.CNCc1ccc2c(c1)C(N1CCN(C)CC1)=Nc1cc(Cl)ccc1N2. The molecule has 6 aromatic rings. The smallest absolute Gasteiger partial charge is 0.222 e. The molecule has 0 unspecified atom stereocenters. The van der Waals surface area contributed by atoms with Crippen LogP contribution in [0.25, 0.3) is 0 Å². The molecule has 23 heteroatoms. The summed E-state index contributed by atoms with van der Waals surface area (Å²) in [5, 5.41) is 21.9. The van der Waals surface area contributed by atoms with E-state index in [-0.39, 0.29) is 24.0 Å². The van der Waals surface area contributed by atoms with Crippen LogP contribution in [0.3, 0.4) is 0 Å². The van der Waals surface area contributed by atoms with Crippen LogP contribution >= 0.6 is 34.8 Å². The van der Waals surface area contributed by atoms with Crippen molar-refractivity contribution in [1.82, 2.24) is 45.3 Å². The van der Waals surface area contributed by atoms with Crippen LogP contribution in [-0.4, -0.2) is 198 Å². The highest BCUT2D eigenvalue weighted by atomic mass is 35.5. The third-order valence-electron chi connectivity index (χ3n) is 17.8. The number of ether oxygens (including phenoxy) is 2. The van der Waals surface area contributed by atoms with Crippen molar-refractivity contribution in [2.45, 2.75) is 78.4 Å². The number of Topliss-reactive ketones (excluding diaryl/α,β-unsaturated/α-hetero) is 1. The lowest BCUT2D eigenvalue weighted by atomic mass is 10.1. The van der Waals surface area contributed by atoms with Gasteiger partial charge in [0, 0.05) is 186 Å². The third-order valence-corrected chi connectivity index (χ3v) is 18.5. The van der Waals surface area contributed by atoms with Crippen molar-refractivity contribution in [1.29, 1.82) is 0 Å². The highest BCUT2D eigenvalue weighted by Gasteiger charge is 2.29. The number of rotatable bonds is 20. The van der Waals surface area contributed by atoms with Crippen molar-refractivity contribution >= 4 is 121 Å². The molecule has 0 bridgehead atoms. The number of anilines is 6. The van der Waals surface area contributed by atoms with Gasteiger partial charge in [-0.1, -0.05) is 73.3 Å². The normalized spacial score (nSPS) is 15.8. The molecule has 2 amide bonds. The van der Waals surface area contributed by atoms with E-state index in [0.29, 0.717) is 80.3 Å². The number of nitrogens with one attached hydrogen (secondary N) is 6. The van der Waals surface area contributed by atoms with E-state index >= 15 is 0 Å². The molecule has 0 spiro atoms. The van der Waals surface area contributed by atoms with E-state index in [4.69, 9.17) is 59.3 Å². The second-order valence-corrected chi connectivity index (χ2v) is 26.6. The number of benzene rings is 6. The van der Waals surface area contributed by atoms with Crippen molar-refractivity contribution in [3.63, 3.8) is 0 Å². The standard InChI is InChI=1S/C28H36ClN5O3.C26H34ClN5O2.C20H24ClN5/c1-3-22(35)5-4-15-37-16-10-27(36)30-19-20-6-8-24-23(17-20)28(34-13-11-33(2)12-14-34)32-26-18-21(29)7-9-25(26)31-24;1-3-4-14-34-15-9-25(33)28-18-19-5-7-22-21(16-19)26(32-12-10-31(2)11-13-32)30-24-17-20(27)6-8-23(24)29-22;1-22-13-14-3-5-17-16(11-14)20(26-9-7-25(2)8-10-26)24-19-12-15(21)4-6-18(19)23-17/h6-9,17-18,31H,3-5,10-16,19H2,1-2H3,(H,30,36);5-8,16-17,29H,3-4,9-15,18H2,1-2H3,(H,28,33);3-6,11-12,22-23H,7-10,13H2,1-2H3. The van der Waals surface area contributed by atoms with Crippen LogP contribution < -0.4 is 31.9 Å². The van der Waals surface area contributed by atoms with Crippen LogP contribution in [0.4, 0.5) is 51.2 Å². The Morgan fingerprint density at radius 1 is 0.433 bits per heavy atom. The molecule has 6 aromatic carbocycles. The number of piperazine rings is 3. The summed E-state index contributed by atoms with van der Waals surface area (Å²) in [5.74, 6) is 3.06. The number of ketones is 1. The number of hydrogen-bond donors (Lipinski definition) is 6. The van der Waals surface area contributed by atoms with Crippen LogP contribution in [-0.2, 0) is 43.5 Å². The van der Waals surface area contributed by atoms with Crippen LogP contribution in [0.1, 0.15) is 92.2 Å². The quantitative estimate of drug-likeness (QED) is 0.0394. The van der Waals surface area contributed by atoms with Gasteiger partial charge in [0.1, 0.15) is 23.3 Å². The van der Waals surface area contributed by atoms with Gasteiger partial charge in [0.25, 0.3) is 0 Å². The summed E-state index contributed by atoms with van der Waals surface area (Å²) >= 11 is 18.8. The Morgan fingerprint density at radius 3 is 1.11 bits per heavy atom. The minimum absolute atomic E-state index is 0.000397. The van der Waals surface area contributed by atoms with Crippen LogP contribution in [0, 0.1) is 0 Å². The first-order chi connectivity index (χ1) is 47.1. The van der Waals surface area contributed by atoms with Gasteiger partial charge in [0.2, 0.25) is 11.8 Å². The lowest BCUT2D eigenvalue weighted by Crippen LogP contribution is -2.47. The minimum atomic E-state index is -0.0623. The predicted molar refractivity (Wildman–Crippen MR) is 396 cm³/mol. The second kappa shape index (κ2) is 35.7.